The molecule has 6 rings (SSSR count). The fraction of sp³-hybridized carbons (Fsp3) is 0.538. The number of fused-ring (bicyclic) bond motifs is 1. The van der Waals surface area contributed by atoms with Crippen LogP contribution < -0.4 is 33.5 Å². The monoisotopic (exact) mass is 1090 g/mol. The smallest absolute Gasteiger partial charge is 0.455 e. The summed E-state index contributed by atoms with van der Waals surface area (Å²) >= 11 is 0. The van der Waals surface area contributed by atoms with Crippen LogP contribution in [0.3, 0.4) is 0 Å². The van der Waals surface area contributed by atoms with E-state index in [1.807, 2.05) is 0 Å². The largest absolute Gasteiger partial charge is 0.472 e. The number of amides is 2. The Morgan fingerprint density at radius 3 is 2.36 bits per heavy atom. The molecule has 0 bridgehead atoms. The second-order valence-electron chi connectivity index (χ2n) is 17.0. The lowest BCUT2D eigenvalue weighted by Crippen LogP contribution is -2.48. The summed E-state index contributed by atoms with van der Waals surface area (Å²) in [5.41, 5.74) is 16.9. The van der Waals surface area contributed by atoms with Crippen LogP contribution >= 0.6 is 37.2 Å². The summed E-state index contributed by atoms with van der Waals surface area (Å²) in [5, 5.41) is 16.7. The van der Waals surface area contributed by atoms with Gasteiger partial charge in [0.1, 0.15) is 66.6 Å². The third kappa shape index (κ3) is 15.9. The van der Waals surface area contributed by atoms with Gasteiger partial charge in [0.05, 0.1) is 19.5 Å². The van der Waals surface area contributed by atoms with Crippen molar-refractivity contribution < 1.29 is 80.6 Å². The summed E-state index contributed by atoms with van der Waals surface area (Å²) in [6.45, 7) is 3.05. The molecule has 2 aliphatic heterocycles. The first-order valence-electron chi connectivity index (χ1n) is 21.7. The van der Waals surface area contributed by atoms with Gasteiger partial charge < -0.3 is 71.3 Å². The molecule has 396 valence electrons. The van der Waals surface area contributed by atoms with E-state index in [0.717, 1.165) is 10.9 Å². The van der Waals surface area contributed by atoms with Gasteiger partial charge in [0, 0.05) is 30.1 Å². The van der Waals surface area contributed by atoms with Crippen LogP contribution in [0.2, 0.25) is 0 Å². The van der Waals surface area contributed by atoms with Gasteiger partial charge in [0.25, 0.3) is 0 Å². The third-order valence-electron chi connectivity index (χ3n) is 10.5. The molecule has 2 aliphatic rings. The van der Waals surface area contributed by atoms with Crippen LogP contribution in [0.4, 0.5) is 26.9 Å². The predicted octanol–water partition coefficient (Wildman–Crippen LogP) is 1.88. The van der Waals surface area contributed by atoms with E-state index in [-0.39, 0.29) is 60.5 Å². The molecule has 2 saturated heterocycles. The van der Waals surface area contributed by atoms with Gasteiger partial charge in [0.15, 0.2) is 23.8 Å². The number of nitrogens with one attached hydrogen (secondary N) is 2. The number of carbonyl (C=O) groups excluding carboxylic acids is 3. The second-order valence-corrected chi connectivity index (χ2v) is 22.4. The first-order valence-corrected chi connectivity index (χ1v) is 27.3. The number of aliphatic hydroxyl groups is 1. The van der Waals surface area contributed by atoms with Gasteiger partial charge in [-0.2, -0.15) is 4.98 Å². The highest BCUT2D eigenvalue weighted by atomic mass is 33.1. The SMILES string of the molecule is CSS[C@@H](CC[C@H](NC(=O)OC(C)(C)C)C(=O)O[C@@H]1[C@@H](COP(=O)(O)O[C@H]2C[C@H](n3ccc(N)nc3=O)OC2COP(=O)(O)O)OC(n2cnc3c(N)ncnc32)[C@@H]1O)CNC(=O)OCc1ccc(N)cc1. The summed E-state index contributed by atoms with van der Waals surface area (Å²) in [5.74, 6) is -1.25. The van der Waals surface area contributed by atoms with Crippen LogP contribution in [0.25, 0.3) is 11.2 Å². The number of alkyl carbamates (subject to hydrolysis) is 2. The van der Waals surface area contributed by atoms with E-state index in [1.54, 1.807) is 51.3 Å². The highest BCUT2D eigenvalue weighted by Gasteiger charge is 2.50. The third-order valence-corrected chi connectivity index (χ3v) is 14.2. The molecule has 10 atom stereocenters. The van der Waals surface area contributed by atoms with Gasteiger partial charge in [-0.25, -0.2) is 43.3 Å². The van der Waals surface area contributed by atoms with Gasteiger partial charge in [-0.3, -0.25) is 22.7 Å². The standard InChI is InChI=1S/C39H55N11O18P2S2/c1-39(2,3)67-38(55)47-23(10-9-22(72-71-4)14-43-37(54)61-15-20-5-7-21(40)8-6-20)35(52)66-31-26(65-34(30(31)51)50-19-46-29-32(42)44-18-45-33(29)50)17-63-70(59,60)68-24-13-28(49-12-11-27(41)48-36(49)53)64-25(24)16-62-69(56,57)58/h5-8,11-12,18-19,22-26,28,30-31,34,51H,9-10,13-17,40H2,1-4H3,(H,43,54)(H,47,55)(H,59,60)(H2,41,48,53)(H2,42,44,45)(H2,56,57,58)/t22-,23-,24-,25?,26+,28+,30+,31+,34?/m0/s1. The number of imidazole rings is 1. The number of phosphoric ester groups is 2. The van der Waals surface area contributed by atoms with Crippen molar-refractivity contribution in [2.45, 2.75) is 107 Å². The van der Waals surface area contributed by atoms with Crippen LogP contribution in [0.1, 0.15) is 58.1 Å². The lowest BCUT2D eigenvalue weighted by molar-refractivity contribution is -0.159. The molecule has 33 heteroatoms. The number of phosphoric acid groups is 2. The number of nitrogens with zero attached hydrogens (tertiary/aromatic N) is 6. The maximum Gasteiger partial charge on any atom is 0.472 e. The number of anilines is 3. The molecule has 3 aromatic heterocycles. The van der Waals surface area contributed by atoms with Crippen LogP contribution in [-0.4, -0.2) is 140 Å². The molecule has 12 N–H and O–H groups in total. The van der Waals surface area contributed by atoms with Crippen LogP contribution in [0, 0.1) is 0 Å². The van der Waals surface area contributed by atoms with Crippen molar-refractivity contribution in [2.75, 3.05) is 43.2 Å². The highest BCUT2D eigenvalue weighted by Crippen LogP contribution is 2.50. The molecule has 0 saturated carbocycles. The maximum atomic E-state index is 14.3. The van der Waals surface area contributed by atoms with Gasteiger partial charge in [0.2, 0.25) is 0 Å². The lowest BCUT2D eigenvalue weighted by atomic mass is 10.1. The number of esters is 1. The average Bonchev–Trinajstić information content (AvgIpc) is 3.99. The Balaban J connectivity index is 1.20. The first kappa shape index (κ1) is 56.2. The summed E-state index contributed by atoms with van der Waals surface area (Å²) in [7, 11) is -7.65. The van der Waals surface area contributed by atoms with E-state index >= 15 is 0 Å². The number of aliphatic hydroxyl groups excluding tert-OH is 1. The topological polar surface area (TPSA) is 421 Å². The molecular weight excluding hydrogens is 1040 g/mol. The maximum absolute atomic E-state index is 14.3. The lowest BCUT2D eigenvalue weighted by Gasteiger charge is -2.27. The Morgan fingerprint density at radius 2 is 1.68 bits per heavy atom. The normalized spacial score (nSPS) is 23.0. The Kier molecular flexibility index (Phi) is 18.9. The number of hydrogen-bond donors (Lipinski definition) is 9. The number of rotatable bonds is 22. The van der Waals surface area contributed by atoms with Crippen molar-refractivity contribution in [3.63, 3.8) is 0 Å². The minimum atomic E-state index is -5.29. The molecule has 72 heavy (non-hydrogen) atoms. The van der Waals surface area contributed by atoms with E-state index in [4.69, 9.17) is 49.9 Å². The van der Waals surface area contributed by atoms with Crippen molar-refractivity contribution in [2.24, 2.45) is 0 Å². The quantitative estimate of drug-likeness (QED) is 0.0178. The van der Waals surface area contributed by atoms with Crippen molar-refractivity contribution in [3.8, 4) is 0 Å². The average molecular weight is 1090 g/mol. The Morgan fingerprint density at radius 1 is 0.958 bits per heavy atom. The molecule has 0 aliphatic carbocycles. The molecular formula is C39H55N11O18P2S2. The Hall–Kier alpha value is -5.14. The summed E-state index contributed by atoms with van der Waals surface area (Å²) < 4.78 is 71.4. The van der Waals surface area contributed by atoms with Gasteiger partial charge >= 0.3 is 39.5 Å². The Labute approximate surface area is 417 Å². The van der Waals surface area contributed by atoms with E-state index in [2.05, 4.69) is 35.1 Å². The minimum Gasteiger partial charge on any atom is -0.455 e. The molecule has 3 unspecified atom stereocenters. The van der Waals surface area contributed by atoms with E-state index < -0.39 is 107 Å². The molecule has 2 amide bonds. The van der Waals surface area contributed by atoms with Crippen LogP contribution in [0.5, 0.6) is 0 Å². The highest BCUT2D eigenvalue weighted by molar-refractivity contribution is 8.76. The molecule has 0 radical (unpaired) electrons. The van der Waals surface area contributed by atoms with Crippen LogP contribution in [0.15, 0.2) is 54.0 Å². The fourth-order valence-corrected chi connectivity index (χ4v) is 10.5. The number of hydrogen-bond acceptors (Lipinski definition) is 24. The van der Waals surface area contributed by atoms with Gasteiger partial charge in [-0.05, 0) is 63.6 Å². The molecule has 5 heterocycles. The van der Waals surface area contributed by atoms with Crippen LogP contribution in [-0.2, 0) is 57.8 Å². The summed E-state index contributed by atoms with van der Waals surface area (Å²) in [6.07, 6.45) is -7.51. The number of carbonyl (C=O) groups is 3. The minimum absolute atomic E-state index is 0.0214. The number of nitrogen functional groups attached to an aromatic ring is 3. The molecule has 2 fully saturated rings. The zero-order valence-corrected chi connectivity index (χ0v) is 42.3. The Bertz CT molecular complexity index is 2680. The second kappa shape index (κ2) is 24.3. The molecule has 1 aromatic carbocycles. The summed E-state index contributed by atoms with van der Waals surface area (Å²) in [4.78, 5) is 98.5. The number of nitrogens with two attached hydrogens (primary N) is 3. The fourth-order valence-electron chi connectivity index (χ4n) is 7.20. The first-order chi connectivity index (χ1) is 33.9. The zero-order valence-electron chi connectivity index (χ0n) is 38.9. The van der Waals surface area contributed by atoms with Crippen molar-refractivity contribution >= 4 is 83.9 Å². The molecule has 0 spiro atoms. The van der Waals surface area contributed by atoms with E-state index in [9.17, 15) is 48.1 Å². The van der Waals surface area contributed by atoms with E-state index in [1.165, 1.54) is 44.7 Å². The van der Waals surface area contributed by atoms with Crippen molar-refractivity contribution in [3.05, 3.63) is 65.2 Å². The zero-order chi connectivity index (χ0) is 52.5. The molecule has 4 aromatic rings. The number of benzene rings is 1. The van der Waals surface area contributed by atoms with E-state index in [0.29, 0.717) is 11.3 Å². The number of ether oxygens (including phenoxy) is 5. The van der Waals surface area contributed by atoms with Crippen molar-refractivity contribution in [1.82, 2.24) is 39.7 Å². The predicted molar refractivity (Wildman–Crippen MR) is 256 cm³/mol. The summed E-state index contributed by atoms with van der Waals surface area (Å²) in [6, 6.07) is 6.57. The molecule has 29 nitrogen and oxygen atoms in total. The van der Waals surface area contributed by atoms with Gasteiger partial charge in [-0.15, -0.1) is 0 Å². The van der Waals surface area contributed by atoms with Crippen molar-refractivity contribution in [1.29, 1.82) is 0 Å². The van der Waals surface area contributed by atoms with Gasteiger partial charge in [-0.1, -0.05) is 33.7 Å². The number of aromatic nitrogens is 6.